The van der Waals surface area contributed by atoms with E-state index >= 15 is 0 Å². The molecule has 0 saturated carbocycles. The minimum absolute atomic E-state index is 0.129. The van der Waals surface area contributed by atoms with Crippen LogP contribution in [0.25, 0.3) is 0 Å². The van der Waals surface area contributed by atoms with Crippen molar-refractivity contribution in [3.05, 3.63) is 84.4 Å². The Hall–Kier alpha value is -1.86. The lowest BCUT2D eigenvalue weighted by molar-refractivity contribution is 0.0375. The van der Waals surface area contributed by atoms with E-state index in [9.17, 15) is 0 Å². The van der Waals surface area contributed by atoms with Gasteiger partial charge in [0, 0.05) is 5.92 Å². The molecule has 0 radical (unpaired) electrons. The van der Waals surface area contributed by atoms with Gasteiger partial charge in [-0.3, -0.25) is 0 Å². The number of ether oxygens (including phenoxy) is 1. The fraction of sp³-hybridized carbons (Fsp3) is 0.222. The molecule has 0 spiro atoms. The number of hydrogen-bond acceptors (Lipinski definition) is 1. The van der Waals surface area contributed by atoms with Crippen molar-refractivity contribution in [1.82, 2.24) is 0 Å². The molecule has 1 aliphatic rings. The maximum Gasteiger partial charge on any atom is 0.0896 e. The van der Waals surface area contributed by atoms with Crippen molar-refractivity contribution in [3.8, 4) is 0 Å². The van der Waals surface area contributed by atoms with Crippen LogP contribution in [0, 0.1) is 5.92 Å². The van der Waals surface area contributed by atoms with Crippen LogP contribution in [0.4, 0.5) is 0 Å². The second kappa shape index (κ2) is 5.41. The lowest BCUT2D eigenvalue weighted by atomic mass is 9.93. The van der Waals surface area contributed by atoms with Crippen molar-refractivity contribution in [2.24, 2.45) is 5.92 Å². The van der Waals surface area contributed by atoms with Crippen LogP contribution in [0.1, 0.15) is 29.8 Å². The molecular weight excluding hydrogens is 232 g/mol. The molecule has 0 N–H and O–H groups in total. The van der Waals surface area contributed by atoms with Crippen molar-refractivity contribution in [1.29, 1.82) is 0 Å². The van der Waals surface area contributed by atoms with Gasteiger partial charge in [0.25, 0.3) is 0 Å². The number of benzene rings is 2. The molecule has 0 amide bonds. The summed E-state index contributed by atoms with van der Waals surface area (Å²) < 4.78 is 6.27. The molecule has 2 aromatic carbocycles. The quantitative estimate of drug-likeness (QED) is 0.718. The van der Waals surface area contributed by atoms with Crippen LogP contribution >= 0.6 is 0 Å². The third-order valence-corrected chi connectivity index (χ3v) is 3.79. The molecule has 96 valence electrons. The molecule has 0 bridgehead atoms. The summed E-state index contributed by atoms with van der Waals surface area (Å²) in [6.07, 6.45) is 3.34. The molecule has 3 rings (SSSR count). The van der Waals surface area contributed by atoms with Gasteiger partial charge in [-0.1, -0.05) is 66.7 Å². The number of hydrogen-bond donors (Lipinski definition) is 0. The van der Waals surface area contributed by atoms with Crippen LogP contribution in [0.15, 0.2) is 73.3 Å². The van der Waals surface area contributed by atoms with Crippen LogP contribution in [0.5, 0.6) is 0 Å². The van der Waals surface area contributed by atoms with Crippen molar-refractivity contribution in [2.75, 3.05) is 0 Å². The molecule has 0 aromatic heterocycles. The summed E-state index contributed by atoms with van der Waals surface area (Å²) >= 11 is 0. The summed E-state index contributed by atoms with van der Waals surface area (Å²) in [7, 11) is 0. The van der Waals surface area contributed by atoms with Gasteiger partial charge in [-0.2, -0.15) is 0 Å². The summed E-state index contributed by atoms with van der Waals surface area (Å²) in [5.41, 5.74) is 2.50. The summed E-state index contributed by atoms with van der Waals surface area (Å²) in [5, 5.41) is 0. The predicted octanol–water partition coefficient (Wildman–Crippen LogP) is 4.69. The monoisotopic (exact) mass is 250 g/mol. The SMILES string of the molecule is C=C[C@H]1C[C@@H](c2ccccc2)O[C@H]1c1ccccc1. The predicted molar refractivity (Wildman–Crippen MR) is 77.8 cm³/mol. The van der Waals surface area contributed by atoms with Crippen LogP contribution in [0.2, 0.25) is 0 Å². The Morgan fingerprint density at radius 2 is 1.47 bits per heavy atom. The molecule has 1 saturated heterocycles. The molecule has 1 nitrogen and oxygen atoms in total. The van der Waals surface area contributed by atoms with Gasteiger partial charge in [-0.05, 0) is 17.5 Å². The normalized spacial score (nSPS) is 26.2. The molecule has 2 aromatic rings. The smallest absolute Gasteiger partial charge is 0.0896 e. The highest BCUT2D eigenvalue weighted by Crippen LogP contribution is 2.45. The van der Waals surface area contributed by atoms with E-state index in [0.29, 0.717) is 5.92 Å². The van der Waals surface area contributed by atoms with Crippen LogP contribution in [-0.2, 0) is 4.74 Å². The first-order valence-electron chi connectivity index (χ1n) is 6.76. The third-order valence-electron chi connectivity index (χ3n) is 3.79. The first kappa shape index (κ1) is 12.2. The lowest BCUT2D eigenvalue weighted by Gasteiger charge is -2.16. The molecule has 1 aliphatic heterocycles. The van der Waals surface area contributed by atoms with Gasteiger partial charge in [0.2, 0.25) is 0 Å². The zero-order valence-corrected chi connectivity index (χ0v) is 10.9. The van der Waals surface area contributed by atoms with Crippen LogP contribution < -0.4 is 0 Å². The molecule has 0 unspecified atom stereocenters. The Labute approximate surface area is 114 Å². The molecule has 0 aliphatic carbocycles. The van der Waals surface area contributed by atoms with E-state index < -0.39 is 0 Å². The molecular formula is C18H18O. The van der Waals surface area contributed by atoms with Crippen LogP contribution in [-0.4, -0.2) is 0 Å². The third kappa shape index (κ3) is 2.47. The van der Waals surface area contributed by atoms with Gasteiger partial charge in [0.1, 0.15) is 0 Å². The van der Waals surface area contributed by atoms with E-state index in [2.05, 4.69) is 55.1 Å². The molecule has 1 fully saturated rings. The Balaban J connectivity index is 1.85. The van der Waals surface area contributed by atoms with Crippen molar-refractivity contribution in [3.63, 3.8) is 0 Å². The summed E-state index contributed by atoms with van der Waals surface area (Å²) in [6.45, 7) is 3.97. The fourth-order valence-electron chi connectivity index (χ4n) is 2.77. The topological polar surface area (TPSA) is 9.23 Å². The van der Waals surface area contributed by atoms with E-state index in [-0.39, 0.29) is 12.2 Å². The van der Waals surface area contributed by atoms with Gasteiger partial charge in [0.05, 0.1) is 12.2 Å². The average molecular weight is 250 g/mol. The van der Waals surface area contributed by atoms with Crippen molar-refractivity contribution >= 4 is 0 Å². The Morgan fingerprint density at radius 3 is 2.05 bits per heavy atom. The average Bonchev–Trinajstić information content (AvgIpc) is 2.93. The van der Waals surface area contributed by atoms with Gasteiger partial charge in [-0.15, -0.1) is 6.58 Å². The molecule has 19 heavy (non-hydrogen) atoms. The van der Waals surface area contributed by atoms with E-state index in [1.807, 2.05) is 18.2 Å². The lowest BCUT2D eigenvalue weighted by Crippen LogP contribution is -2.04. The van der Waals surface area contributed by atoms with Crippen molar-refractivity contribution < 1.29 is 4.74 Å². The zero-order valence-electron chi connectivity index (χ0n) is 10.9. The van der Waals surface area contributed by atoms with Gasteiger partial charge in [0.15, 0.2) is 0 Å². The summed E-state index contributed by atoms with van der Waals surface area (Å²) in [5.74, 6) is 0.382. The van der Waals surface area contributed by atoms with E-state index in [1.54, 1.807) is 0 Å². The van der Waals surface area contributed by atoms with Gasteiger partial charge in [-0.25, -0.2) is 0 Å². The Bertz CT molecular complexity index is 532. The fourth-order valence-corrected chi connectivity index (χ4v) is 2.77. The highest BCUT2D eigenvalue weighted by Gasteiger charge is 2.34. The molecule has 1 heteroatoms. The van der Waals surface area contributed by atoms with Crippen molar-refractivity contribution in [2.45, 2.75) is 18.6 Å². The second-order valence-electron chi connectivity index (χ2n) is 5.00. The van der Waals surface area contributed by atoms with Crippen LogP contribution in [0.3, 0.4) is 0 Å². The first-order valence-corrected chi connectivity index (χ1v) is 6.76. The Morgan fingerprint density at radius 1 is 0.895 bits per heavy atom. The minimum atomic E-state index is 0.129. The number of rotatable bonds is 3. The maximum absolute atomic E-state index is 6.27. The Kier molecular flexibility index (Phi) is 3.47. The van der Waals surface area contributed by atoms with E-state index in [0.717, 1.165) is 6.42 Å². The second-order valence-corrected chi connectivity index (χ2v) is 5.00. The highest BCUT2D eigenvalue weighted by atomic mass is 16.5. The van der Waals surface area contributed by atoms with E-state index in [4.69, 9.17) is 4.74 Å². The maximum atomic E-state index is 6.27. The van der Waals surface area contributed by atoms with Gasteiger partial charge >= 0.3 is 0 Å². The summed E-state index contributed by atoms with van der Waals surface area (Å²) in [4.78, 5) is 0. The first-order chi connectivity index (χ1) is 9.38. The highest BCUT2D eigenvalue weighted by molar-refractivity contribution is 5.24. The standard InChI is InChI=1S/C18H18O/c1-2-14-13-17(15-9-5-3-6-10-15)19-18(14)16-11-7-4-8-12-16/h2-12,14,17-18H,1,13H2/t14-,17-,18+/m0/s1. The molecule has 3 atom stereocenters. The van der Waals surface area contributed by atoms with Gasteiger partial charge < -0.3 is 4.74 Å². The zero-order chi connectivity index (χ0) is 13.1. The minimum Gasteiger partial charge on any atom is -0.365 e. The largest absolute Gasteiger partial charge is 0.365 e. The molecule has 1 heterocycles. The summed E-state index contributed by atoms with van der Waals surface area (Å²) in [6, 6.07) is 20.9. The van der Waals surface area contributed by atoms with E-state index in [1.165, 1.54) is 11.1 Å².